The number of fused-ring (bicyclic) bond motifs is 2. The summed E-state index contributed by atoms with van der Waals surface area (Å²) in [6.45, 7) is 0. The van der Waals surface area contributed by atoms with Crippen LogP contribution >= 0.6 is 0 Å². The first-order chi connectivity index (χ1) is 14.9. The lowest BCUT2D eigenvalue weighted by Gasteiger charge is -2.01. The van der Waals surface area contributed by atoms with E-state index in [2.05, 4.69) is 47.2 Å². The Bertz CT molecular complexity index is 1480. The van der Waals surface area contributed by atoms with E-state index >= 15 is 0 Å². The highest BCUT2D eigenvalue weighted by Gasteiger charge is 2.15. The normalized spacial score (nSPS) is 11.3. The van der Waals surface area contributed by atoms with Crippen LogP contribution in [0.15, 0.2) is 79.5 Å². The van der Waals surface area contributed by atoms with Crippen LogP contribution in [0, 0.1) is 0 Å². The second-order valence-electron chi connectivity index (χ2n) is 6.95. The van der Waals surface area contributed by atoms with Gasteiger partial charge in [0.2, 0.25) is 0 Å². The molecule has 142 valence electrons. The zero-order valence-corrected chi connectivity index (χ0v) is 15.7. The van der Waals surface area contributed by atoms with Gasteiger partial charge < -0.3 is 4.98 Å². The SMILES string of the molecule is c1ccc(-c2ccnc3[nH]c(-c4n[nH]c5ncc(-c6ccncc6)cc45)cc23)nc1. The fourth-order valence-electron chi connectivity index (χ4n) is 3.71. The summed E-state index contributed by atoms with van der Waals surface area (Å²) in [7, 11) is 0. The number of nitrogens with zero attached hydrogens (tertiary/aromatic N) is 5. The summed E-state index contributed by atoms with van der Waals surface area (Å²) in [4.78, 5) is 21.0. The molecule has 7 nitrogen and oxygen atoms in total. The van der Waals surface area contributed by atoms with E-state index < -0.39 is 0 Å². The second kappa shape index (κ2) is 6.59. The Labute approximate surface area is 170 Å². The number of nitrogens with one attached hydrogen (secondary N) is 2. The summed E-state index contributed by atoms with van der Waals surface area (Å²) in [6, 6.07) is 16.0. The van der Waals surface area contributed by atoms with Gasteiger partial charge in [0.15, 0.2) is 5.65 Å². The molecule has 0 saturated carbocycles. The molecule has 0 amide bonds. The third-order valence-corrected chi connectivity index (χ3v) is 5.16. The summed E-state index contributed by atoms with van der Waals surface area (Å²) in [5, 5.41) is 9.49. The van der Waals surface area contributed by atoms with Crippen LogP contribution < -0.4 is 0 Å². The highest BCUT2D eigenvalue weighted by molar-refractivity contribution is 5.99. The van der Waals surface area contributed by atoms with Crippen molar-refractivity contribution < 1.29 is 0 Å². The van der Waals surface area contributed by atoms with Crippen molar-refractivity contribution in [1.82, 2.24) is 35.1 Å². The van der Waals surface area contributed by atoms with Gasteiger partial charge in [0.1, 0.15) is 11.3 Å². The molecule has 0 radical (unpaired) electrons. The van der Waals surface area contributed by atoms with Crippen molar-refractivity contribution in [2.45, 2.75) is 0 Å². The maximum atomic E-state index is 4.54. The van der Waals surface area contributed by atoms with Crippen LogP contribution in [0.25, 0.3) is 55.8 Å². The molecule has 0 saturated heterocycles. The zero-order valence-electron chi connectivity index (χ0n) is 15.7. The first kappa shape index (κ1) is 16.6. The Morgan fingerprint density at radius 3 is 2.50 bits per heavy atom. The topological polar surface area (TPSA) is 96.0 Å². The van der Waals surface area contributed by atoms with Gasteiger partial charge in [-0.1, -0.05) is 6.07 Å². The molecule has 6 aromatic heterocycles. The van der Waals surface area contributed by atoms with Gasteiger partial charge in [0, 0.05) is 52.9 Å². The average Bonchev–Trinajstić information content (AvgIpc) is 3.43. The molecule has 0 aliphatic carbocycles. The maximum Gasteiger partial charge on any atom is 0.155 e. The lowest BCUT2D eigenvalue weighted by atomic mass is 10.1. The quantitative estimate of drug-likeness (QED) is 0.460. The van der Waals surface area contributed by atoms with E-state index in [1.165, 1.54) is 0 Å². The van der Waals surface area contributed by atoms with Crippen molar-refractivity contribution in [3.8, 4) is 33.8 Å². The zero-order chi connectivity index (χ0) is 19.9. The fraction of sp³-hybridized carbons (Fsp3) is 0. The van der Waals surface area contributed by atoms with E-state index in [4.69, 9.17) is 0 Å². The van der Waals surface area contributed by atoms with Crippen molar-refractivity contribution in [2.75, 3.05) is 0 Å². The van der Waals surface area contributed by atoms with Crippen LogP contribution in [0.1, 0.15) is 0 Å². The minimum atomic E-state index is 0.736. The smallest absolute Gasteiger partial charge is 0.155 e. The summed E-state index contributed by atoms with van der Waals surface area (Å²) in [6.07, 6.45) is 8.98. The standard InChI is InChI=1S/C23H15N7/c1-2-7-25-19(3-1)16-6-10-26-22-17(16)12-20(28-22)21-18-11-15(13-27-23(18)30-29-21)14-4-8-24-9-5-14/h1-13H,(H,26,28)(H,27,29,30). The first-order valence-corrected chi connectivity index (χ1v) is 9.51. The van der Waals surface area contributed by atoms with Gasteiger partial charge in [0.25, 0.3) is 0 Å². The number of aromatic amines is 2. The van der Waals surface area contributed by atoms with Gasteiger partial charge in [0.05, 0.1) is 11.4 Å². The van der Waals surface area contributed by atoms with E-state index in [-0.39, 0.29) is 0 Å². The van der Waals surface area contributed by atoms with Gasteiger partial charge in [-0.3, -0.25) is 15.1 Å². The largest absolute Gasteiger partial charge is 0.338 e. The molecule has 0 aliphatic rings. The number of rotatable bonds is 3. The minimum Gasteiger partial charge on any atom is -0.338 e. The molecule has 7 heteroatoms. The minimum absolute atomic E-state index is 0.736. The van der Waals surface area contributed by atoms with E-state index in [1.54, 1.807) is 24.8 Å². The molecule has 6 rings (SSSR count). The number of hydrogen-bond donors (Lipinski definition) is 2. The molecular formula is C23H15N7. The van der Waals surface area contributed by atoms with Gasteiger partial charge in [-0.15, -0.1) is 0 Å². The molecule has 2 N–H and O–H groups in total. The van der Waals surface area contributed by atoms with Crippen molar-refractivity contribution in [2.24, 2.45) is 0 Å². The van der Waals surface area contributed by atoms with E-state index in [1.807, 2.05) is 42.6 Å². The van der Waals surface area contributed by atoms with Crippen LogP contribution in [0.2, 0.25) is 0 Å². The highest BCUT2D eigenvalue weighted by atomic mass is 15.2. The monoisotopic (exact) mass is 389 g/mol. The molecule has 6 heterocycles. The molecular weight excluding hydrogens is 374 g/mol. The molecule has 0 aliphatic heterocycles. The summed E-state index contributed by atoms with van der Waals surface area (Å²) >= 11 is 0. The lowest BCUT2D eigenvalue weighted by Crippen LogP contribution is -1.84. The van der Waals surface area contributed by atoms with Crippen LogP contribution in [-0.2, 0) is 0 Å². The third kappa shape index (κ3) is 2.64. The fourth-order valence-corrected chi connectivity index (χ4v) is 3.71. The molecule has 0 unspecified atom stereocenters. The van der Waals surface area contributed by atoms with Gasteiger partial charge in [-0.25, -0.2) is 9.97 Å². The number of hydrogen-bond acceptors (Lipinski definition) is 5. The Morgan fingerprint density at radius 2 is 1.63 bits per heavy atom. The third-order valence-electron chi connectivity index (χ3n) is 5.16. The Hall–Kier alpha value is -4.39. The van der Waals surface area contributed by atoms with E-state index in [0.717, 1.165) is 55.8 Å². The Kier molecular flexibility index (Phi) is 3.64. The average molecular weight is 389 g/mol. The van der Waals surface area contributed by atoms with Crippen LogP contribution in [0.4, 0.5) is 0 Å². The van der Waals surface area contributed by atoms with Gasteiger partial charge in [-0.2, -0.15) is 5.10 Å². The van der Waals surface area contributed by atoms with Crippen molar-refractivity contribution >= 4 is 22.1 Å². The van der Waals surface area contributed by atoms with E-state index in [0.29, 0.717) is 0 Å². The van der Waals surface area contributed by atoms with Gasteiger partial charge >= 0.3 is 0 Å². The van der Waals surface area contributed by atoms with Crippen molar-refractivity contribution in [3.63, 3.8) is 0 Å². The molecule has 0 aromatic carbocycles. The second-order valence-corrected chi connectivity index (χ2v) is 6.95. The highest BCUT2D eigenvalue weighted by Crippen LogP contribution is 2.33. The summed E-state index contributed by atoms with van der Waals surface area (Å²) in [5.74, 6) is 0. The molecule has 0 fully saturated rings. The molecule has 0 atom stereocenters. The molecule has 30 heavy (non-hydrogen) atoms. The molecule has 0 bridgehead atoms. The van der Waals surface area contributed by atoms with Crippen molar-refractivity contribution in [1.29, 1.82) is 0 Å². The summed E-state index contributed by atoms with van der Waals surface area (Å²) in [5.41, 5.74) is 7.21. The lowest BCUT2D eigenvalue weighted by molar-refractivity contribution is 1.10. The Balaban J connectivity index is 1.52. The Morgan fingerprint density at radius 1 is 0.700 bits per heavy atom. The first-order valence-electron chi connectivity index (χ1n) is 9.51. The van der Waals surface area contributed by atoms with Gasteiger partial charge in [-0.05, 0) is 48.0 Å². The van der Waals surface area contributed by atoms with E-state index in [9.17, 15) is 0 Å². The number of pyridine rings is 4. The van der Waals surface area contributed by atoms with Crippen LogP contribution in [0.3, 0.4) is 0 Å². The number of aromatic nitrogens is 7. The van der Waals surface area contributed by atoms with Crippen LogP contribution in [0.5, 0.6) is 0 Å². The van der Waals surface area contributed by atoms with Crippen LogP contribution in [-0.4, -0.2) is 35.1 Å². The molecule has 6 aromatic rings. The predicted octanol–water partition coefficient (Wildman–Crippen LogP) is 4.63. The maximum absolute atomic E-state index is 4.54. The summed E-state index contributed by atoms with van der Waals surface area (Å²) < 4.78 is 0. The van der Waals surface area contributed by atoms with Crippen molar-refractivity contribution in [3.05, 3.63) is 79.5 Å². The predicted molar refractivity (Wildman–Crippen MR) is 115 cm³/mol. The molecule has 0 spiro atoms. The number of H-pyrrole nitrogens is 2.